The van der Waals surface area contributed by atoms with E-state index < -0.39 is 0 Å². The van der Waals surface area contributed by atoms with Crippen LogP contribution in [0.4, 0.5) is 0 Å². The van der Waals surface area contributed by atoms with E-state index in [0.29, 0.717) is 0 Å². The minimum atomic E-state index is 0.244. The molecule has 0 saturated carbocycles. The average molecular weight is 322 g/mol. The van der Waals surface area contributed by atoms with Crippen molar-refractivity contribution < 1.29 is 9.53 Å². The van der Waals surface area contributed by atoms with E-state index in [1.165, 1.54) is 23.3 Å². The van der Waals surface area contributed by atoms with Crippen molar-refractivity contribution in [2.24, 2.45) is 0 Å². The Hall–Kier alpha value is -0.910. The molecule has 122 valence electrons. The number of thiophene rings is 1. The van der Waals surface area contributed by atoms with Gasteiger partial charge >= 0.3 is 0 Å². The highest BCUT2D eigenvalue weighted by molar-refractivity contribution is 7.14. The minimum absolute atomic E-state index is 0.244. The highest BCUT2D eigenvalue weighted by Gasteiger charge is 2.23. The van der Waals surface area contributed by atoms with Crippen LogP contribution in [0.25, 0.3) is 0 Å². The second-order valence-corrected chi connectivity index (χ2v) is 7.38. The summed E-state index contributed by atoms with van der Waals surface area (Å²) in [6.07, 6.45) is 5.93. The number of amides is 1. The Morgan fingerprint density at radius 2 is 2.05 bits per heavy atom. The van der Waals surface area contributed by atoms with Gasteiger partial charge < -0.3 is 9.64 Å². The van der Waals surface area contributed by atoms with Crippen LogP contribution >= 0.6 is 11.3 Å². The third-order valence-electron chi connectivity index (χ3n) is 4.69. The molecule has 1 amide bonds. The van der Waals surface area contributed by atoms with Gasteiger partial charge in [-0.1, -0.05) is 0 Å². The van der Waals surface area contributed by atoms with Crippen molar-refractivity contribution >= 4 is 17.2 Å². The molecule has 1 aromatic rings. The second kappa shape index (κ2) is 7.57. The molecule has 2 heterocycles. The SMILES string of the molecule is COCCN1CCCN(C(=O)c2cc3c(s2)CCCC3)CC1. The third kappa shape index (κ3) is 3.70. The summed E-state index contributed by atoms with van der Waals surface area (Å²) in [5.41, 5.74) is 1.43. The molecule has 0 aromatic carbocycles. The number of aryl methyl sites for hydroxylation is 2. The van der Waals surface area contributed by atoms with Crippen LogP contribution in [-0.4, -0.2) is 62.1 Å². The first-order valence-electron chi connectivity index (χ1n) is 8.40. The summed E-state index contributed by atoms with van der Waals surface area (Å²) in [6, 6.07) is 2.16. The predicted octanol–water partition coefficient (Wildman–Crippen LogP) is 2.42. The molecule has 0 N–H and O–H groups in total. The maximum absolute atomic E-state index is 12.8. The lowest BCUT2D eigenvalue weighted by Crippen LogP contribution is -2.35. The number of nitrogens with zero attached hydrogens (tertiary/aromatic N) is 2. The molecule has 1 saturated heterocycles. The topological polar surface area (TPSA) is 32.8 Å². The minimum Gasteiger partial charge on any atom is -0.383 e. The number of carbonyl (C=O) groups excluding carboxylic acids is 1. The lowest BCUT2D eigenvalue weighted by atomic mass is 9.99. The van der Waals surface area contributed by atoms with Gasteiger partial charge in [-0.3, -0.25) is 9.69 Å². The molecule has 1 aliphatic carbocycles. The van der Waals surface area contributed by atoms with Crippen molar-refractivity contribution in [1.82, 2.24) is 9.80 Å². The van der Waals surface area contributed by atoms with Gasteiger partial charge in [0.05, 0.1) is 11.5 Å². The van der Waals surface area contributed by atoms with Gasteiger partial charge in [0.15, 0.2) is 0 Å². The standard InChI is InChI=1S/C17H26N2O2S/c1-21-12-11-18-7-4-8-19(10-9-18)17(20)16-13-14-5-2-3-6-15(14)22-16/h13H,2-12H2,1H3. The zero-order valence-corrected chi connectivity index (χ0v) is 14.3. The monoisotopic (exact) mass is 322 g/mol. The number of methoxy groups -OCH3 is 1. The fraction of sp³-hybridized carbons (Fsp3) is 0.706. The molecule has 22 heavy (non-hydrogen) atoms. The predicted molar refractivity (Wildman–Crippen MR) is 89.8 cm³/mol. The van der Waals surface area contributed by atoms with E-state index in [1.54, 1.807) is 18.4 Å². The fourth-order valence-electron chi connectivity index (χ4n) is 3.37. The van der Waals surface area contributed by atoms with Crippen LogP contribution in [0.3, 0.4) is 0 Å². The zero-order valence-electron chi connectivity index (χ0n) is 13.5. The van der Waals surface area contributed by atoms with Crippen molar-refractivity contribution in [1.29, 1.82) is 0 Å². The Morgan fingerprint density at radius 3 is 2.86 bits per heavy atom. The summed E-state index contributed by atoms with van der Waals surface area (Å²) in [5, 5.41) is 0. The Bertz CT molecular complexity index is 491. The van der Waals surface area contributed by atoms with E-state index in [-0.39, 0.29) is 5.91 Å². The third-order valence-corrected chi connectivity index (χ3v) is 5.92. The van der Waals surface area contributed by atoms with Gasteiger partial charge in [0.2, 0.25) is 0 Å². The number of rotatable bonds is 4. The van der Waals surface area contributed by atoms with Gasteiger partial charge in [-0.2, -0.15) is 0 Å². The first-order chi connectivity index (χ1) is 10.8. The molecular formula is C17H26N2O2S. The molecule has 0 spiro atoms. The highest BCUT2D eigenvalue weighted by Crippen LogP contribution is 2.30. The van der Waals surface area contributed by atoms with Gasteiger partial charge in [-0.15, -0.1) is 11.3 Å². The van der Waals surface area contributed by atoms with Gasteiger partial charge in [0.25, 0.3) is 5.91 Å². The molecule has 1 fully saturated rings. The van der Waals surface area contributed by atoms with Crippen LogP contribution in [0.1, 0.15) is 39.4 Å². The molecule has 4 nitrogen and oxygen atoms in total. The first kappa shape index (κ1) is 16.0. The summed E-state index contributed by atoms with van der Waals surface area (Å²) >= 11 is 1.73. The van der Waals surface area contributed by atoms with E-state index in [4.69, 9.17) is 4.74 Å². The van der Waals surface area contributed by atoms with Crippen molar-refractivity contribution in [3.8, 4) is 0 Å². The Balaban J connectivity index is 1.61. The van der Waals surface area contributed by atoms with E-state index in [2.05, 4.69) is 11.0 Å². The lowest BCUT2D eigenvalue weighted by Gasteiger charge is -2.21. The molecule has 0 atom stereocenters. The van der Waals surface area contributed by atoms with Crippen molar-refractivity contribution in [2.45, 2.75) is 32.1 Å². The van der Waals surface area contributed by atoms with E-state index >= 15 is 0 Å². The first-order valence-corrected chi connectivity index (χ1v) is 9.21. The maximum Gasteiger partial charge on any atom is 0.263 e. The number of hydrogen-bond donors (Lipinski definition) is 0. The normalized spacial score (nSPS) is 19.8. The summed E-state index contributed by atoms with van der Waals surface area (Å²) in [4.78, 5) is 19.6. The van der Waals surface area contributed by atoms with Crippen molar-refractivity contribution in [2.75, 3.05) is 46.4 Å². The molecule has 0 radical (unpaired) electrons. The summed E-state index contributed by atoms with van der Waals surface area (Å²) in [6.45, 7) is 5.47. The molecule has 1 aromatic heterocycles. The van der Waals surface area contributed by atoms with Crippen molar-refractivity contribution in [3.05, 3.63) is 21.4 Å². The Kier molecular flexibility index (Phi) is 5.50. The van der Waals surface area contributed by atoms with Gasteiger partial charge in [0.1, 0.15) is 0 Å². The molecule has 2 aliphatic rings. The van der Waals surface area contributed by atoms with Crippen LogP contribution in [0.2, 0.25) is 0 Å². The summed E-state index contributed by atoms with van der Waals surface area (Å²) in [5.74, 6) is 0.244. The van der Waals surface area contributed by atoms with E-state index in [1.807, 2.05) is 4.90 Å². The number of hydrogen-bond acceptors (Lipinski definition) is 4. The van der Waals surface area contributed by atoms with Crippen LogP contribution in [0.5, 0.6) is 0 Å². The second-order valence-electron chi connectivity index (χ2n) is 6.25. The fourth-order valence-corrected chi connectivity index (χ4v) is 4.59. The highest BCUT2D eigenvalue weighted by atomic mass is 32.1. The van der Waals surface area contributed by atoms with Crippen LogP contribution in [-0.2, 0) is 17.6 Å². The molecule has 5 heteroatoms. The quantitative estimate of drug-likeness (QED) is 0.853. The van der Waals surface area contributed by atoms with Crippen molar-refractivity contribution in [3.63, 3.8) is 0 Å². The van der Waals surface area contributed by atoms with E-state index in [0.717, 1.165) is 63.5 Å². The Labute approximate surface area is 137 Å². The molecule has 0 bridgehead atoms. The average Bonchev–Trinajstić information content (AvgIpc) is 2.84. The summed E-state index contributed by atoms with van der Waals surface area (Å²) < 4.78 is 5.15. The van der Waals surface area contributed by atoms with Gasteiger partial charge in [-0.05, 0) is 50.3 Å². The Morgan fingerprint density at radius 1 is 1.18 bits per heavy atom. The number of ether oxygens (including phenoxy) is 1. The molecule has 1 aliphatic heterocycles. The smallest absolute Gasteiger partial charge is 0.263 e. The maximum atomic E-state index is 12.8. The van der Waals surface area contributed by atoms with Crippen LogP contribution < -0.4 is 0 Å². The van der Waals surface area contributed by atoms with Crippen LogP contribution in [0, 0.1) is 0 Å². The lowest BCUT2D eigenvalue weighted by molar-refractivity contribution is 0.0764. The van der Waals surface area contributed by atoms with Crippen LogP contribution in [0.15, 0.2) is 6.07 Å². The number of fused-ring (bicyclic) bond motifs is 1. The largest absolute Gasteiger partial charge is 0.383 e. The molecule has 0 unspecified atom stereocenters. The molecule has 3 rings (SSSR count). The number of carbonyl (C=O) groups is 1. The van der Waals surface area contributed by atoms with Gasteiger partial charge in [-0.25, -0.2) is 0 Å². The molecular weight excluding hydrogens is 296 g/mol. The van der Waals surface area contributed by atoms with E-state index in [9.17, 15) is 4.79 Å². The zero-order chi connectivity index (χ0) is 15.4. The summed E-state index contributed by atoms with van der Waals surface area (Å²) in [7, 11) is 1.74. The van der Waals surface area contributed by atoms with Gasteiger partial charge in [0, 0.05) is 38.2 Å².